The van der Waals surface area contributed by atoms with E-state index >= 15 is 0 Å². The second kappa shape index (κ2) is 6.37. The molecule has 4 aromatic rings. The Labute approximate surface area is 154 Å². The highest BCUT2D eigenvalue weighted by Crippen LogP contribution is 2.26. The van der Waals surface area contributed by atoms with Crippen LogP contribution in [0.4, 0.5) is 5.82 Å². The van der Waals surface area contributed by atoms with Crippen LogP contribution in [0, 0.1) is 0 Å². The van der Waals surface area contributed by atoms with Crippen molar-refractivity contribution in [3.63, 3.8) is 0 Å². The molecule has 0 radical (unpaired) electrons. The van der Waals surface area contributed by atoms with Crippen LogP contribution >= 0.6 is 15.9 Å². The number of rotatable bonds is 4. The number of halogens is 1. The highest BCUT2D eigenvalue weighted by atomic mass is 79.9. The van der Waals surface area contributed by atoms with Gasteiger partial charge in [-0.15, -0.1) is 0 Å². The number of nitrogens with one attached hydrogen (secondary N) is 2. The Morgan fingerprint density at radius 3 is 2.88 bits per heavy atom. The largest absolute Gasteiger partial charge is 0.368 e. The predicted octanol–water partition coefficient (Wildman–Crippen LogP) is 1.24. The number of aromatic nitrogens is 6. The third kappa shape index (κ3) is 2.68. The van der Waals surface area contributed by atoms with E-state index in [1.165, 1.54) is 10.9 Å². The minimum Gasteiger partial charge on any atom is -0.368 e. The van der Waals surface area contributed by atoms with Gasteiger partial charge in [0.2, 0.25) is 0 Å². The second-order valence-electron chi connectivity index (χ2n) is 5.69. The van der Waals surface area contributed by atoms with Gasteiger partial charge < -0.3 is 10.3 Å². The molecule has 26 heavy (non-hydrogen) atoms. The van der Waals surface area contributed by atoms with Crippen molar-refractivity contribution < 1.29 is 0 Å². The molecule has 0 atom stereocenters. The standard InChI is InChI=1S/C16H14BrN7O2/c1-23-14-11(12(17)22-23)13(19-8-20-14)18-6-7-24-15(25)9-4-2-3-5-10(9)21-16(24)26/h2-5,8H,6-7H2,1H3,(H,21,26)(H,18,19,20). The molecule has 0 amide bonds. The molecule has 4 rings (SSSR count). The lowest BCUT2D eigenvalue weighted by Gasteiger charge is -2.09. The summed E-state index contributed by atoms with van der Waals surface area (Å²) in [6.45, 7) is 0.539. The van der Waals surface area contributed by atoms with Gasteiger partial charge in [-0.2, -0.15) is 5.10 Å². The van der Waals surface area contributed by atoms with Gasteiger partial charge in [0.15, 0.2) is 5.65 Å². The average molecular weight is 416 g/mol. The fourth-order valence-corrected chi connectivity index (χ4v) is 3.47. The van der Waals surface area contributed by atoms with E-state index in [9.17, 15) is 9.59 Å². The first-order valence-corrected chi connectivity index (χ1v) is 8.64. The van der Waals surface area contributed by atoms with E-state index in [0.29, 0.717) is 33.5 Å². The molecule has 2 N–H and O–H groups in total. The SMILES string of the molecule is Cn1nc(Br)c2c(NCCn3c(=O)[nH]c4ccccc4c3=O)ncnc21. The number of hydrogen-bond acceptors (Lipinski definition) is 6. The van der Waals surface area contributed by atoms with Crippen LogP contribution < -0.4 is 16.6 Å². The van der Waals surface area contributed by atoms with Crippen LogP contribution in [0.25, 0.3) is 21.9 Å². The van der Waals surface area contributed by atoms with Crippen LogP contribution in [-0.4, -0.2) is 35.8 Å². The van der Waals surface area contributed by atoms with Gasteiger partial charge in [-0.25, -0.2) is 19.4 Å². The molecule has 3 heterocycles. The smallest absolute Gasteiger partial charge is 0.328 e. The molecule has 10 heteroatoms. The number of hydrogen-bond donors (Lipinski definition) is 2. The molecule has 0 saturated heterocycles. The van der Waals surface area contributed by atoms with Gasteiger partial charge in [0.1, 0.15) is 16.7 Å². The Hall–Kier alpha value is -3.01. The van der Waals surface area contributed by atoms with E-state index in [-0.39, 0.29) is 12.1 Å². The van der Waals surface area contributed by atoms with Gasteiger partial charge >= 0.3 is 5.69 Å². The van der Waals surface area contributed by atoms with E-state index < -0.39 is 5.69 Å². The topological polar surface area (TPSA) is 110 Å². The van der Waals surface area contributed by atoms with Crippen LogP contribution in [0.1, 0.15) is 0 Å². The summed E-state index contributed by atoms with van der Waals surface area (Å²) in [6.07, 6.45) is 1.44. The lowest BCUT2D eigenvalue weighted by atomic mass is 10.2. The molecule has 0 saturated carbocycles. The van der Waals surface area contributed by atoms with Gasteiger partial charge in [-0.1, -0.05) is 12.1 Å². The van der Waals surface area contributed by atoms with E-state index in [0.717, 1.165) is 5.39 Å². The highest BCUT2D eigenvalue weighted by Gasteiger charge is 2.13. The quantitative estimate of drug-likeness (QED) is 0.518. The van der Waals surface area contributed by atoms with Crippen molar-refractivity contribution in [2.75, 3.05) is 11.9 Å². The molecule has 9 nitrogen and oxygen atoms in total. The first-order chi connectivity index (χ1) is 12.6. The monoisotopic (exact) mass is 415 g/mol. The number of aromatic amines is 1. The Kier molecular flexibility index (Phi) is 4.03. The van der Waals surface area contributed by atoms with E-state index in [4.69, 9.17) is 0 Å². The maximum absolute atomic E-state index is 12.5. The summed E-state index contributed by atoms with van der Waals surface area (Å²) in [5, 5.41) is 8.63. The lowest BCUT2D eigenvalue weighted by molar-refractivity contribution is 0.659. The molecular formula is C16H14BrN7O2. The summed E-state index contributed by atoms with van der Waals surface area (Å²) in [5.74, 6) is 0.584. The minimum atomic E-state index is -0.439. The zero-order chi connectivity index (χ0) is 18.3. The molecule has 1 aromatic carbocycles. The molecule has 0 aliphatic heterocycles. The molecule has 0 bridgehead atoms. The van der Waals surface area contributed by atoms with Crippen molar-refractivity contribution in [3.05, 3.63) is 56.0 Å². The number of nitrogens with zero attached hydrogens (tertiary/aromatic N) is 5. The zero-order valence-corrected chi connectivity index (χ0v) is 15.3. The maximum Gasteiger partial charge on any atom is 0.328 e. The summed E-state index contributed by atoms with van der Waals surface area (Å²) in [5.41, 5.74) is 0.450. The molecule has 0 fully saturated rings. The number of benzene rings is 1. The summed E-state index contributed by atoms with van der Waals surface area (Å²) in [4.78, 5) is 35.9. The summed E-state index contributed by atoms with van der Waals surface area (Å²) < 4.78 is 3.44. The minimum absolute atomic E-state index is 0.197. The number of aryl methyl sites for hydroxylation is 1. The Balaban J connectivity index is 1.63. The molecule has 0 aliphatic carbocycles. The zero-order valence-electron chi connectivity index (χ0n) is 13.7. The van der Waals surface area contributed by atoms with E-state index in [1.54, 1.807) is 36.0 Å². The predicted molar refractivity (Wildman–Crippen MR) is 101 cm³/mol. The van der Waals surface area contributed by atoms with Crippen molar-refractivity contribution >= 4 is 43.7 Å². The third-order valence-electron chi connectivity index (χ3n) is 4.10. The molecule has 0 aliphatic rings. The number of para-hydroxylation sites is 1. The molecule has 3 aromatic heterocycles. The van der Waals surface area contributed by atoms with Gasteiger partial charge in [-0.05, 0) is 28.1 Å². The van der Waals surface area contributed by atoms with Gasteiger partial charge in [-0.3, -0.25) is 9.36 Å². The van der Waals surface area contributed by atoms with Crippen molar-refractivity contribution in [3.8, 4) is 0 Å². The number of fused-ring (bicyclic) bond motifs is 2. The Morgan fingerprint density at radius 2 is 2.04 bits per heavy atom. The Bertz CT molecular complexity index is 1240. The van der Waals surface area contributed by atoms with Crippen LogP contribution in [-0.2, 0) is 13.6 Å². The van der Waals surface area contributed by atoms with Crippen molar-refractivity contribution in [1.82, 2.24) is 29.3 Å². The molecule has 132 valence electrons. The van der Waals surface area contributed by atoms with Crippen molar-refractivity contribution in [1.29, 1.82) is 0 Å². The summed E-state index contributed by atoms with van der Waals surface area (Å²) in [7, 11) is 1.79. The number of anilines is 1. The van der Waals surface area contributed by atoms with Crippen molar-refractivity contribution in [2.24, 2.45) is 7.05 Å². The fraction of sp³-hybridized carbons (Fsp3) is 0.188. The van der Waals surface area contributed by atoms with Gasteiger partial charge in [0.25, 0.3) is 5.56 Å². The average Bonchev–Trinajstić information content (AvgIpc) is 2.93. The van der Waals surface area contributed by atoms with Gasteiger partial charge in [0, 0.05) is 20.1 Å². The summed E-state index contributed by atoms with van der Waals surface area (Å²) >= 11 is 3.39. The molecular weight excluding hydrogens is 402 g/mol. The van der Waals surface area contributed by atoms with Crippen molar-refractivity contribution in [2.45, 2.75) is 6.54 Å². The highest BCUT2D eigenvalue weighted by molar-refractivity contribution is 9.10. The fourth-order valence-electron chi connectivity index (χ4n) is 2.86. The first kappa shape index (κ1) is 16.5. The lowest BCUT2D eigenvalue weighted by Crippen LogP contribution is -2.36. The van der Waals surface area contributed by atoms with Crippen LogP contribution in [0.5, 0.6) is 0 Å². The third-order valence-corrected chi connectivity index (χ3v) is 4.65. The van der Waals surface area contributed by atoms with Crippen LogP contribution in [0.3, 0.4) is 0 Å². The van der Waals surface area contributed by atoms with E-state index in [1.807, 2.05) is 0 Å². The maximum atomic E-state index is 12.5. The molecule has 0 unspecified atom stereocenters. The Morgan fingerprint density at radius 1 is 1.23 bits per heavy atom. The number of H-pyrrole nitrogens is 1. The van der Waals surface area contributed by atoms with Gasteiger partial charge in [0.05, 0.1) is 16.3 Å². The van der Waals surface area contributed by atoms with E-state index in [2.05, 4.69) is 41.3 Å². The first-order valence-electron chi connectivity index (χ1n) is 7.85. The van der Waals surface area contributed by atoms with Crippen LogP contribution in [0.15, 0.2) is 44.8 Å². The summed E-state index contributed by atoms with van der Waals surface area (Å²) in [6, 6.07) is 6.94. The van der Waals surface area contributed by atoms with Crippen LogP contribution in [0.2, 0.25) is 0 Å². The normalized spacial score (nSPS) is 11.3. The second-order valence-corrected chi connectivity index (χ2v) is 6.45. The molecule has 0 spiro atoms.